The predicted molar refractivity (Wildman–Crippen MR) is 22.0 cm³/mol. The molecule has 0 aliphatic heterocycles. The Labute approximate surface area is 40.2 Å². The minimum Gasteiger partial charge on any atom is -0.394 e. The number of aliphatic hydroxyl groups excluding tert-OH is 1. The zero-order chi connectivity index (χ0) is 5.54. The monoisotopic (exact) mass is 106 g/mol. The average Bonchev–Trinajstić information content (AvgIpc) is 1.69. The van der Waals surface area contributed by atoms with Gasteiger partial charge in [0.25, 0.3) is 0 Å². The van der Waals surface area contributed by atoms with Gasteiger partial charge in [-0.15, -0.1) is 10.5 Å². The smallest absolute Gasteiger partial charge is 0.0996 e. The summed E-state index contributed by atoms with van der Waals surface area (Å²) in [4.78, 5) is 13.3. The molecule has 7 heavy (non-hydrogen) atoms. The molecule has 0 amide bonds. The van der Waals surface area contributed by atoms with E-state index < -0.39 is 0 Å². The van der Waals surface area contributed by atoms with E-state index in [0.29, 0.717) is 0 Å². The van der Waals surface area contributed by atoms with Crippen LogP contribution in [0.3, 0.4) is 0 Å². The van der Waals surface area contributed by atoms with E-state index in [9.17, 15) is 0 Å². The third-order valence-corrected chi connectivity index (χ3v) is 0.295. The number of hydrogen-bond acceptors (Lipinski definition) is 4. The van der Waals surface area contributed by atoms with Crippen molar-refractivity contribution in [1.29, 1.82) is 0 Å². The fourth-order valence-corrected chi connectivity index (χ4v) is 0.118. The summed E-state index contributed by atoms with van der Waals surface area (Å²) in [5.74, 6) is 0. The highest BCUT2D eigenvalue weighted by Crippen LogP contribution is 1.61. The lowest BCUT2D eigenvalue weighted by atomic mass is 10.8. The largest absolute Gasteiger partial charge is 0.394 e. The van der Waals surface area contributed by atoms with Gasteiger partial charge in [0, 0.05) is 0 Å². The number of rotatable bonds is 4. The van der Waals surface area contributed by atoms with Crippen LogP contribution in [0, 0.1) is 4.91 Å². The first kappa shape index (κ1) is 6.32. The van der Waals surface area contributed by atoms with Crippen LogP contribution in [0.2, 0.25) is 0 Å². The van der Waals surface area contributed by atoms with E-state index in [0.717, 1.165) is 0 Å². The van der Waals surface area contributed by atoms with Crippen molar-refractivity contribution in [3.63, 3.8) is 0 Å². The normalized spacial score (nSPS) is 8.14. The summed E-state index contributed by atoms with van der Waals surface area (Å²) in [6.07, 6.45) is 0. The topological polar surface area (TPSA) is 70.9 Å². The minimum atomic E-state index is -0.123. The molecule has 0 bridgehead atoms. The number of aliphatic hydroxyl groups is 1. The van der Waals surface area contributed by atoms with Gasteiger partial charge in [0.05, 0.1) is 18.5 Å². The Kier molecular flexibility index (Phi) is 4.80. The molecule has 5 heteroatoms. The molecule has 42 valence electrons. The number of nitroso groups, excluding NO2 is 1. The van der Waals surface area contributed by atoms with Gasteiger partial charge in [-0.1, -0.05) is 0 Å². The molecule has 2 N–H and O–H groups in total. The first-order chi connectivity index (χ1) is 3.41. The maximum absolute atomic E-state index is 9.11. The molecule has 0 saturated heterocycles. The van der Waals surface area contributed by atoms with Crippen LogP contribution in [0.1, 0.15) is 0 Å². The maximum Gasteiger partial charge on any atom is 0.0996 e. The number of nitrogens with zero attached hydrogens (tertiary/aromatic N) is 1. The van der Waals surface area contributed by atoms with E-state index in [1.165, 1.54) is 0 Å². The van der Waals surface area contributed by atoms with Crippen molar-refractivity contribution in [3.8, 4) is 0 Å². The molecule has 0 aromatic heterocycles. The van der Waals surface area contributed by atoms with Crippen molar-refractivity contribution < 1.29 is 9.94 Å². The zero-order valence-corrected chi connectivity index (χ0v) is 3.63. The lowest BCUT2D eigenvalue weighted by Crippen LogP contribution is -2.08. The first-order valence-electron chi connectivity index (χ1n) is 1.72. The molecule has 0 radical (unpaired) electrons. The lowest BCUT2D eigenvalue weighted by molar-refractivity contribution is 0.0181. The Morgan fingerprint density at radius 1 is 1.86 bits per heavy atom. The van der Waals surface area contributed by atoms with E-state index >= 15 is 0 Å². The molecule has 0 unspecified atom stereocenters. The Hall–Kier alpha value is -0.680. The third-order valence-electron chi connectivity index (χ3n) is 0.295. The van der Waals surface area contributed by atoms with E-state index in [1.807, 2.05) is 0 Å². The molecule has 5 nitrogen and oxygen atoms in total. The second kappa shape index (κ2) is 5.32. The van der Waals surface area contributed by atoms with Crippen LogP contribution in [0.5, 0.6) is 0 Å². The van der Waals surface area contributed by atoms with Gasteiger partial charge in [-0.05, 0) is 0 Å². The van der Waals surface area contributed by atoms with Gasteiger partial charge >= 0.3 is 0 Å². The van der Waals surface area contributed by atoms with Gasteiger partial charge in [0.1, 0.15) is 0 Å². The summed E-state index contributed by atoms with van der Waals surface area (Å²) >= 11 is 0. The van der Waals surface area contributed by atoms with Crippen molar-refractivity contribution in [2.24, 2.45) is 5.29 Å². The van der Waals surface area contributed by atoms with E-state index in [4.69, 9.17) is 10.0 Å². The molecule has 0 saturated carbocycles. The second-order valence-electron chi connectivity index (χ2n) is 0.755. The highest BCUT2D eigenvalue weighted by Gasteiger charge is 1.76. The molecule has 0 spiro atoms. The maximum atomic E-state index is 9.11. The molecule has 0 fully saturated rings. The Balaban J connectivity index is 2.56. The second-order valence-corrected chi connectivity index (χ2v) is 0.755. The molecule has 0 aliphatic carbocycles. The van der Waals surface area contributed by atoms with Crippen molar-refractivity contribution in [1.82, 2.24) is 5.59 Å². The van der Waals surface area contributed by atoms with Gasteiger partial charge in [0.2, 0.25) is 0 Å². The highest BCUT2D eigenvalue weighted by molar-refractivity contribution is 4.15. The Morgan fingerprint density at radius 2 is 2.57 bits per heavy atom. The summed E-state index contributed by atoms with van der Waals surface area (Å²) in [5.41, 5.74) is 1.66. The Bertz CT molecular complexity index is 48.2. The Morgan fingerprint density at radius 3 is 3.00 bits per heavy atom. The molecule has 0 aromatic rings. The summed E-state index contributed by atoms with van der Waals surface area (Å²) in [7, 11) is 0. The van der Waals surface area contributed by atoms with Crippen LogP contribution >= 0.6 is 0 Å². The molecule has 0 heterocycles. The molecular weight excluding hydrogens is 100 g/mol. The molecule has 0 rings (SSSR count). The molecule has 0 atom stereocenters. The van der Waals surface area contributed by atoms with Gasteiger partial charge in [-0.2, -0.15) is 0 Å². The average molecular weight is 106 g/mol. The summed E-state index contributed by atoms with van der Waals surface area (Å²) in [5, 5.41) is 10.1. The van der Waals surface area contributed by atoms with Gasteiger partial charge in [-0.3, -0.25) is 4.84 Å². The van der Waals surface area contributed by atoms with E-state index in [1.54, 1.807) is 5.59 Å². The predicted octanol–water partition coefficient (Wildman–Crippen LogP) is -0.819. The van der Waals surface area contributed by atoms with Crippen LogP contribution in [0.4, 0.5) is 0 Å². The highest BCUT2D eigenvalue weighted by atomic mass is 16.7. The SMILES string of the molecule is O=NNOCCO. The van der Waals surface area contributed by atoms with Gasteiger partial charge in [0.15, 0.2) is 0 Å². The van der Waals surface area contributed by atoms with Crippen molar-refractivity contribution in [2.45, 2.75) is 0 Å². The first-order valence-corrected chi connectivity index (χ1v) is 1.72. The minimum absolute atomic E-state index is 0.0751. The van der Waals surface area contributed by atoms with Crippen molar-refractivity contribution in [3.05, 3.63) is 4.91 Å². The van der Waals surface area contributed by atoms with Crippen LogP contribution < -0.4 is 5.59 Å². The summed E-state index contributed by atoms with van der Waals surface area (Å²) in [6.45, 7) is -0.0474. The van der Waals surface area contributed by atoms with Crippen LogP contribution in [-0.4, -0.2) is 18.3 Å². The number of hydrogen-bond donors (Lipinski definition) is 2. The standard InChI is InChI=1S/C2H6N2O3/c5-1-2-7-4-3-6/h5H,1-2H2,(H,4,6). The van der Waals surface area contributed by atoms with Crippen LogP contribution in [0.25, 0.3) is 0 Å². The number of nitrogens with one attached hydrogen (secondary N) is 1. The van der Waals surface area contributed by atoms with Crippen LogP contribution in [0.15, 0.2) is 5.29 Å². The fourth-order valence-electron chi connectivity index (χ4n) is 0.118. The van der Waals surface area contributed by atoms with Crippen LogP contribution in [-0.2, 0) is 4.84 Å². The molecule has 0 aliphatic rings. The van der Waals surface area contributed by atoms with Gasteiger partial charge < -0.3 is 5.11 Å². The zero-order valence-electron chi connectivity index (χ0n) is 3.63. The lowest BCUT2D eigenvalue weighted by Gasteiger charge is -1.91. The van der Waals surface area contributed by atoms with E-state index in [2.05, 4.69) is 10.1 Å². The molecule has 0 aromatic carbocycles. The third kappa shape index (κ3) is 5.32. The van der Waals surface area contributed by atoms with E-state index in [-0.39, 0.29) is 13.2 Å². The van der Waals surface area contributed by atoms with Crippen molar-refractivity contribution >= 4 is 0 Å². The van der Waals surface area contributed by atoms with Gasteiger partial charge in [-0.25, -0.2) is 0 Å². The fraction of sp³-hybridized carbons (Fsp3) is 1.00. The summed E-state index contributed by atoms with van der Waals surface area (Å²) in [6, 6.07) is 0. The van der Waals surface area contributed by atoms with Crippen molar-refractivity contribution in [2.75, 3.05) is 13.2 Å². The quantitative estimate of drug-likeness (QED) is 0.279. The summed E-state index contributed by atoms with van der Waals surface area (Å²) < 4.78 is 0. The molecular formula is C2H6N2O3.